The number of aliphatic imine (C=N–C) groups is 1. The second-order valence-corrected chi connectivity index (χ2v) is 6.25. The molecule has 2 N–H and O–H groups in total. The van der Waals surface area contributed by atoms with Crippen LogP contribution in [0.4, 0.5) is 4.39 Å². The van der Waals surface area contributed by atoms with Crippen molar-refractivity contribution in [2.75, 3.05) is 13.7 Å². The third-order valence-electron chi connectivity index (χ3n) is 4.42. The molecule has 2 atom stereocenters. The van der Waals surface area contributed by atoms with E-state index in [1.807, 2.05) is 36.4 Å². The molecule has 0 heterocycles. The highest BCUT2D eigenvalue weighted by Gasteiger charge is 2.40. The zero-order chi connectivity index (χ0) is 18.4. The summed E-state index contributed by atoms with van der Waals surface area (Å²) in [5.41, 5.74) is 1.81. The number of para-hydroxylation sites is 1. The van der Waals surface area contributed by atoms with Gasteiger partial charge in [0.15, 0.2) is 5.96 Å². The van der Waals surface area contributed by atoms with Crippen molar-refractivity contribution in [3.05, 3.63) is 78.1 Å². The first-order chi connectivity index (χ1) is 12.7. The molecule has 3 rings (SSSR count). The van der Waals surface area contributed by atoms with Crippen molar-refractivity contribution in [2.45, 2.75) is 24.9 Å². The van der Waals surface area contributed by atoms with Crippen LogP contribution in [-0.4, -0.2) is 25.7 Å². The van der Waals surface area contributed by atoms with Gasteiger partial charge in [0.25, 0.3) is 0 Å². The van der Waals surface area contributed by atoms with Gasteiger partial charge < -0.3 is 15.4 Å². The molecule has 4 nitrogen and oxygen atoms in total. The standard InChI is InChI=1S/C21H24FN3O/c1-3-12-26-20-11-7-4-8-15(20)14-24-21(23-2)25-19-13-17(19)16-9-5-6-10-18(16)22/h3-11,17,19H,1,12-14H2,2H3,(H2,23,24,25). The molecule has 2 unspecified atom stereocenters. The van der Waals surface area contributed by atoms with E-state index in [1.54, 1.807) is 19.2 Å². The summed E-state index contributed by atoms with van der Waals surface area (Å²) >= 11 is 0. The van der Waals surface area contributed by atoms with Crippen LogP contribution in [0.25, 0.3) is 0 Å². The number of benzene rings is 2. The van der Waals surface area contributed by atoms with Crippen LogP contribution in [0.3, 0.4) is 0 Å². The maximum atomic E-state index is 13.9. The quantitative estimate of drug-likeness (QED) is 0.454. The highest BCUT2D eigenvalue weighted by Crippen LogP contribution is 2.41. The number of nitrogens with one attached hydrogen (secondary N) is 2. The third kappa shape index (κ3) is 4.42. The van der Waals surface area contributed by atoms with Gasteiger partial charge in [0.05, 0.1) is 0 Å². The zero-order valence-corrected chi connectivity index (χ0v) is 14.9. The summed E-state index contributed by atoms with van der Waals surface area (Å²) in [7, 11) is 1.73. The Morgan fingerprint density at radius 1 is 1.27 bits per heavy atom. The van der Waals surface area contributed by atoms with Gasteiger partial charge in [0, 0.05) is 31.1 Å². The first kappa shape index (κ1) is 18.0. The van der Waals surface area contributed by atoms with Crippen LogP contribution in [0.2, 0.25) is 0 Å². The van der Waals surface area contributed by atoms with Gasteiger partial charge in [-0.05, 0) is 24.1 Å². The highest BCUT2D eigenvalue weighted by molar-refractivity contribution is 5.80. The Morgan fingerprint density at radius 3 is 2.81 bits per heavy atom. The molecule has 0 amide bonds. The maximum Gasteiger partial charge on any atom is 0.191 e. The Bertz CT molecular complexity index is 790. The molecular formula is C21H24FN3O. The van der Waals surface area contributed by atoms with Crippen molar-refractivity contribution in [1.82, 2.24) is 10.6 Å². The van der Waals surface area contributed by atoms with Crippen LogP contribution in [0, 0.1) is 5.82 Å². The molecule has 1 fully saturated rings. The molecule has 1 aliphatic rings. The van der Waals surface area contributed by atoms with Crippen molar-refractivity contribution in [3.63, 3.8) is 0 Å². The summed E-state index contributed by atoms with van der Waals surface area (Å²) in [6.07, 6.45) is 2.63. The Labute approximate surface area is 153 Å². The number of hydrogen-bond acceptors (Lipinski definition) is 2. The SMILES string of the molecule is C=CCOc1ccccc1CNC(=NC)NC1CC1c1ccccc1F. The number of halogens is 1. The predicted molar refractivity (Wildman–Crippen MR) is 103 cm³/mol. The lowest BCUT2D eigenvalue weighted by molar-refractivity contribution is 0.358. The summed E-state index contributed by atoms with van der Waals surface area (Å²) in [5.74, 6) is 1.58. The first-order valence-electron chi connectivity index (χ1n) is 8.76. The first-order valence-corrected chi connectivity index (χ1v) is 8.76. The van der Waals surface area contributed by atoms with Crippen LogP contribution in [-0.2, 0) is 6.54 Å². The fourth-order valence-electron chi connectivity index (χ4n) is 2.96. The minimum Gasteiger partial charge on any atom is -0.489 e. The Kier molecular flexibility index (Phi) is 5.89. The van der Waals surface area contributed by atoms with Crippen LogP contribution >= 0.6 is 0 Å². The van der Waals surface area contributed by atoms with Crippen molar-refractivity contribution >= 4 is 5.96 Å². The van der Waals surface area contributed by atoms with Crippen molar-refractivity contribution < 1.29 is 9.13 Å². The number of guanidine groups is 1. The van der Waals surface area contributed by atoms with E-state index >= 15 is 0 Å². The molecule has 0 spiro atoms. The summed E-state index contributed by atoms with van der Waals surface area (Å²) in [5, 5.41) is 6.66. The van der Waals surface area contributed by atoms with E-state index in [2.05, 4.69) is 22.2 Å². The Balaban J connectivity index is 1.55. The van der Waals surface area contributed by atoms with Gasteiger partial charge in [-0.3, -0.25) is 4.99 Å². The third-order valence-corrected chi connectivity index (χ3v) is 4.42. The fraction of sp³-hybridized carbons (Fsp3) is 0.286. The molecular weight excluding hydrogens is 329 g/mol. The molecule has 0 aliphatic heterocycles. The molecule has 1 aliphatic carbocycles. The molecule has 0 saturated heterocycles. The van der Waals surface area contributed by atoms with Gasteiger partial charge in [-0.2, -0.15) is 0 Å². The lowest BCUT2D eigenvalue weighted by Crippen LogP contribution is -2.38. The number of hydrogen-bond donors (Lipinski definition) is 2. The van der Waals surface area contributed by atoms with E-state index in [0.717, 1.165) is 23.3 Å². The van der Waals surface area contributed by atoms with E-state index in [-0.39, 0.29) is 17.8 Å². The Hall–Kier alpha value is -2.82. The number of rotatable bonds is 7. The fourth-order valence-corrected chi connectivity index (χ4v) is 2.96. The predicted octanol–water partition coefficient (Wildman–Crippen LogP) is 3.61. The molecule has 0 bridgehead atoms. The zero-order valence-electron chi connectivity index (χ0n) is 14.9. The summed E-state index contributed by atoms with van der Waals surface area (Å²) in [4.78, 5) is 4.27. The molecule has 2 aromatic rings. The van der Waals surface area contributed by atoms with Crippen LogP contribution < -0.4 is 15.4 Å². The maximum absolute atomic E-state index is 13.9. The summed E-state index contributed by atoms with van der Waals surface area (Å²) in [6.45, 7) is 4.73. The van der Waals surface area contributed by atoms with E-state index in [0.29, 0.717) is 19.1 Å². The molecule has 26 heavy (non-hydrogen) atoms. The van der Waals surface area contributed by atoms with Gasteiger partial charge >= 0.3 is 0 Å². The second kappa shape index (κ2) is 8.52. The van der Waals surface area contributed by atoms with Gasteiger partial charge in [-0.25, -0.2) is 4.39 Å². The molecule has 1 saturated carbocycles. The topological polar surface area (TPSA) is 45.6 Å². The van der Waals surface area contributed by atoms with Gasteiger partial charge in [-0.1, -0.05) is 49.1 Å². The second-order valence-electron chi connectivity index (χ2n) is 6.25. The molecule has 5 heteroatoms. The van der Waals surface area contributed by atoms with E-state index in [9.17, 15) is 4.39 Å². The molecule has 136 valence electrons. The van der Waals surface area contributed by atoms with Crippen LogP contribution in [0.15, 0.2) is 66.2 Å². The lowest BCUT2D eigenvalue weighted by atomic mass is 10.1. The van der Waals surface area contributed by atoms with E-state index in [4.69, 9.17) is 4.74 Å². The summed E-state index contributed by atoms with van der Waals surface area (Å²) < 4.78 is 19.6. The largest absolute Gasteiger partial charge is 0.489 e. The van der Waals surface area contributed by atoms with E-state index in [1.165, 1.54) is 6.07 Å². The molecule has 0 radical (unpaired) electrons. The van der Waals surface area contributed by atoms with Crippen molar-refractivity contribution in [3.8, 4) is 5.75 Å². The average Bonchev–Trinajstić information content (AvgIpc) is 3.43. The van der Waals surface area contributed by atoms with Gasteiger partial charge in [0.2, 0.25) is 0 Å². The molecule has 2 aromatic carbocycles. The minimum atomic E-state index is -0.141. The molecule has 0 aromatic heterocycles. The normalized spacial score (nSPS) is 18.9. The number of nitrogens with zero attached hydrogens (tertiary/aromatic N) is 1. The van der Waals surface area contributed by atoms with Crippen molar-refractivity contribution in [2.24, 2.45) is 4.99 Å². The van der Waals surface area contributed by atoms with Crippen LogP contribution in [0.1, 0.15) is 23.5 Å². The van der Waals surface area contributed by atoms with Gasteiger partial charge in [-0.15, -0.1) is 0 Å². The highest BCUT2D eigenvalue weighted by atomic mass is 19.1. The lowest BCUT2D eigenvalue weighted by Gasteiger charge is -2.14. The minimum absolute atomic E-state index is 0.141. The average molecular weight is 353 g/mol. The smallest absolute Gasteiger partial charge is 0.191 e. The Morgan fingerprint density at radius 2 is 2.04 bits per heavy atom. The monoisotopic (exact) mass is 353 g/mol. The van der Waals surface area contributed by atoms with E-state index < -0.39 is 0 Å². The number of ether oxygens (including phenoxy) is 1. The summed E-state index contributed by atoms with van der Waals surface area (Å²) in [6, 6.07) is 15.0. The van der Waals surface area contributed by atoms with Crippen LogP contribution in [0.5, 0.6) is 5.75 Å². The van der Waals surface area contributed by atoms with Gasteiger partial charge in [0.1, 0.15) is 18.2 Å². The van der Waals surface area contributed by atoms with Crippen molar-refractivity contribution in [1.29, 1.82) is 0 Å².